The monoisotopic (exact) mass is 300 g/mol. The predicted octanol–water partition coefficient (Wildman–Crippen LogP) is 2.17. The number of nitrogens with one attached hydrogen (secondary N) is 1. The third kappa shape index (κ3) is 3.28. The maximum atomic E-state index is 11.8. The summed E-state index contributed by atoms with van der Waals surface area (Å²) in [6.07, 6.45) is 1.42. The number of pyridine rings is 1. The highest BCUT2D eigenvalue weighted by Crippen LogP contribution is 2.12. The number of H-pyrrole nitrogens is 1. The molecule has 0 aromatic carbocycles. The molecule has 0 aliphatic heterocycles. The van der Waals surface area contributed by atoms with Crippen LogP contribution in [-0.4, -0.2) is 19.7 Å². The lowest BCUT2D eigenvalue weighted by Crippen LogP contribution is -2.22. The molecule has 3 aromatic rings. The summed E-state index contributed by atoms with van der Waals surface area (Å²) >= 11 is 1.71. The zero-order chi connectivity index (χ0) is 14.7. The van der Waals surface area contributed by atoms with Gasteiger partial charge in [-0.3, -0.25) is 9.89 Å². The fourth-order valence-electron chi connectivity index (χ4n) is 2.23. The number of aromatic amines is 1. The lowest BCUT2D eigenvalue weighted by Gasteiger charge is -2.07. The van der Waals surface area contributed by atoms with Gasteiger partial charge in [-0.05, 0) is 24.4 Å². The maximum absolute atomic E-state index is 11.8. The Kier molecular flexibility index (Phi) is 3.96. The topological polar surface area (TPSA) is 63.6 Å². The Labute approximate surface area is 126 Å². The quantitative estimate of drug-likeness (QED) is 0.785. The molecule has 0 bridgehead atoms. The second-order valence-electron chi connectivity index (χ2n) is 4.86. The number of aryl methyl sites for hydroxylation is 2. The molecule has 0 amide bonds. The van der Waals surface area contributed by atoms with E-state index in [1.807, 2.05) is 19.1 Å². The Morgan fingerprint density at radius 3 is 2.95 bits per heavy atom. The molecule has 0 atom stereocenters. The molecule has 5 nitrogen and oxygen atoms in total. The number of hydrogen-bond acceptors (Lipinski definition) is 4. The van der Waals surface area contributed by atoms with Crippen LogP contribution in [0.25, 0.3) is 0 Å². The number of thiophene rings is 1. The Morgan fingerprint density at radius 1 is 1.29 bits per heavy atom. The molecule has 21 heavy (non-hydrogen) atoms. The zero-order valence-corrected chi connectivity index (χ0v) is 12.6. The van der Waals surface area contributed by atoms with E-state index in [4.69, 9.17) is 0 Å². The van der Waals surface area contributed by atoms with E-state index in [9.17, 15) is 4.79 Å². The highest BCUT2D eigenvalue weighted by atomic mass is 32.1. The standard InChI is InChI=1S/C15H16N4OS/c1-11-4-2-6-15(20)19(11)8-7-13-16-14(18-17-13)10-12-5-3-9-21-12/h2-6,9H,7-8,10H2,1H3,(H,16,17,18). The summed E-state index contributed by atoms with van der Waals surface area (Å²) in [4.78, 5) is 17.5. The average Bonchev–Trinajstić information content (AvgIpc) is 3.11. The summed E-state index contributed by atoms with van der Waals surface area (Å²) < 4.78 is 1.75. The third-order valence-corrected chi connectivity index (χ3v) is 4.20. The van der Waals surface area contributed by atoms with E-state index in [-0.39, 0.29) is 5.56 Å². The van der Waals surface area contributed by atoms with Crippen molar-refractivity contribution in [2.75, 3.05) is 0 Å². The molecule has 0 saturated carbocycles. The minimum atomic E-state index is 0.0179. The van der Waals surface area contributed by atoms with E-state index in [1.165, 1.54) is 4.88 Å². The van der Waals surface area contributed by atoms with Gasteiger partial charge in [-0.2, -0.15) is 5.10 Å². The van der Waals surface area contributed by atoms with E-state index < -0.39 is 0 Å². The van der Waals surface area contributed by atoms with Crippen molar-refractivity contribution in [2.24, 2.45) is 0 Å². The van der Waals surface area contributed by atoms with Crippen LogP contribution >= 0.6 is 11.3 Å². The molecule has 0 fully saturated rings. The van der Waals surface area contributed by atoms with Gasteiger partial charge in [0.05, 0.1) is 0 Å². The van der Waals surface area contributed by atoms with Crippen LogP contribution in [-0.2, 0) is 19.4 Å². The molecule has 108 valence electrons. The first-order valence-corrected chi connectivity index (χ1v) is 7.69. The summed E-state index contributed by atoms with van der Waals surface area (Å²) in [5.74, 6) is 1.61. The molecular formula is C15H16N4OS. The molecule has 1 N–H and O–H groups in total. The van der Waals surface area contributed by atoms with Crippen molar-refractivity contribution in [3.8, 4) is 0 Å². The average molecular weight is 300 g/mol. The summed E-state index contributed by atoms with van der Waals surface area (Å²) in [7, 11) is 0. The van der Waals surface area contributed by atoms with E-state index >= 15 is 0 Å². The van der Waals surface area contributed by atoms with Crippen molar-refractivity contribution in [1.82, 2.24) is 19.7 Å². The molecule has 0 aliphatic rings. The fourth-order valence-corrected chi connectivity index (χ4v) is 2.93. The Bertz CT molecular complexity index is 773. The van der Waals surface area contributed by atoms with Crippen molar-refractivity contribution in [1.29, 1.82) is 0 Å². The predicted molar refractivity (Wildman–Crippen MR) is 82.7 cm³/mol. The summed E-state index contributed by atoms with van der Waals surface area (Å²) in [5.41, 5.74) is 0.973. The fraction of sp³-hybridized carbons (Fsp3) is 0.267. The molecule has 0 spiro atoms. The number of rotatable bonds is 5. The number of aromatic nitrogens is 4. The van der Waals surface area contributed by atoms with Gasteiger partial charge in [-0.15, -0.1) is 11.3 Å². The Hall–Kier alpha value is -2.21. The van der Waals surface area contributed by atoms with E-state index in [0.29, 0.717) is 13.0 Å². The highest BCUT2D eigenvalue weighted by Gasteiger charge is 2.06. The van der Waals surface area contributed by atoms with Crippen LogP contribution in [0.4, 0.5) is 0 Å². The molecule has 6 heteroatoms. The van der Waals surface area contributed by atoms with Gasteiger partial charge in [-0.25, -0.2) is 4.98 Å². The number of hydrogen-bond donors (Lipinski definition) is 1. The number of nitrogens with zero attached hydrogens (tertiary/aromatic N) is 3. The Balaban J connectivity index is 1.66. The first-order valence-electron chi connectivity index (χ1n) is 6.81. The summed E-state index contributed by atoms with van der Waals surface area (Å²) in [5, 5.41) is 9.24. The molecule has 0 unspecified atom stereocenters. The SMILES string of the molecule is Cc1cccc(=O)n1CCc1n[nH]c(Cc2cccs2)n1. The molecule has 0 saturated heterocycles. The lowest BCUT2D eigenvalue weighted by atomic mass is 10.3. The summed E-state index contributed by atoms with van der Waals surface area (Å²) in [6, 6.07) is 9.40. The molecular weight excluding hydrogens is 284 g/mol. The second-order valence-corrected chi connectivity index (χ2v) is 5.89. The first-order chi connectivity index (χ1) is 10.2. The second kappa shape index (κ2) is 6.05. The van der Waals surface area contributed by atoms with Crippen LogP contribution in [0.1, 0.15) is 22.2 Å². The summed E-state index contributed by atoms with van der Waals surface area (Å²) in [6.45, 7) is 2.53. The van der Waals surface area contributed by atoms with Crippen LogP contribution in [0.15, 0.2) is 40.5 Å². The third-order valence-electron chi connectivity index (χ3n) is 3.33. The molecule has 3 rings (SSSR count). The first kappa shape index (κ1) is 13.8. The van der Waals surface area contributed by atoms with E-state index in [2.05, 4.69) is 26.6 Å². The molecule has 3 aromatic heterocycles. The van der Waals surface area contributed by atoms with Crippen LogP contribution < -0.4 is 5.56 Å². The highest BCUT2D eigenvalue weighted by molar-refractivity contribution is 7.09. The van der Waals surface area contributed by atoms with Crippen molar-refractivity contribution in [2.45, 2.75) is 26.3 Å². The van der Waals surface area contributed by atoms with E-state index in [1.54, 1.807) is 28.0 Å². The largest absolute Gasteiger partial charge is 0.312 e. The van der Waals surface area contributed by atoms with Crippen molar-refractivity contribution >= 4 is 11.3 Å². The van der Waals surface area contributed by atoms with E-state index in [0.717, 1.165) is 23.8 Å². The smallest absolute Gasteiger partial charge is 0.250 e. The van der Waals surface area contributed by atoms with Crippen molar-refractivity contribution in [3.63, 3.8) is 0 Å². The minimum Gasteiger partial charge on any atom is -0.312 e. The maximum Gasteiger partial charge on any atom is 0.250 e. The molecule has 0 radical (unpaired) electrons. The minimum absolute atomic E-state index is 0.0179. The van der Waals surface area contributed by atoms with Gasteiger partial charge in [0.15, 0.2) is 5.82 Å². The lowest BCUT2D eigenvalue weighted by molar-refractivity contribution is 0.632. The van der Waals surface area contributed by atoms with Gasteiger partial charge >= 0.3 is 0 Å². The van der Waals surface area contributed by atoms with Gasteiger partial charge in [0, 0.05) is 36.0 Å². The molecule has 3 heterocycles. The van der Waals surface area contributed by atoms with Gasteiger partial charge in [0.25, 0.3) is 5.56 Å². The van der Waals surface area contributed by atoms with Crippen LogP contribution in [0.3, 0.4) is 0 Å². The van der Waals surface area contributed by atoms with Crippen LogP contribution in [0.5, 0.6) is 0 Å². The van der Waals surface area contributed by atoms with Gasteiger partial charge in [0.2, 0.25) is 0 Å². The van der Waals surface area contributed by atoms with Gasteiger partial charge in [0.1, 0.15) is 5.82 Å². The molecule has 0 aliphatic carbocycles. The van der Waals surface area contributed by atoms with Gasteiger partial charge < -0.3 is 4.57 Å². The Morgan fingerprint density at radius 2 is 2.19 bits per heavy atom. The van der Waals surface area contributed by atoms with Crippen LogP contribution in [0.2, 0.25) is 0 Å². The van der Waals surface area contributed by atoms with Crippen molar-refractivity contribution in [3.05, 3.63) is 68.3 Å². The van der Waals surface area contributed by atoms with Gasteiger partial charge in [-0.1, -0.05) is 12.1 Å². The normalized spacial score (nSPS) is 10.9. The van der Waals surface area contributed by atoms with Crippen LogP contribution in [0, 0.1) is 6.92 Å². The van der Waals surface area contributed by atoms with Crippen molar-refractivity contribution < 1.29 is 0 Å². The zero-order valence-electron chi connectivity index (χ0n) is 11.7.